The van der Waals surface area contributed by atoms with Crippen LogP contribution in [0.2, 0.25) is 0 Å². The number of carbonyl (C=O) groups excluding carboxylic acids is 1. The van der Waals surface area contributed by atoms with Gasteiger partial charge in [-0.05, 0) is 37.5 Å². The fraction of sp³-hybridized carbons (Fsp3) is 0.389. The van der Waals surface area contributed by atoms with E-state index in [4.69, 9.17) is 4.74 Å². The molecule has 0 fully saturated rings. The SMILES string of the molecule is O=C(NCC#CCOc1cccc(C(F)(F)F)c1)[C@@H]1CC=CCC1. The Balaban J connectivity index is 1.72. The molecule has 0 unspecified atom stereocenters. The van der Waals surface area contributed by atoms with Crippen molar-refractivity contribution < 1.29 is 22.7 Å². The van der Waals surface area contributed by atoms with Crippen LogP contribution in [0.1, 0.15) is 24.8 Å². The number of amides is 1. The highest BCUT2D eigenvalue weighted by Gasteiger charge is 2.30. The van der Waals surface area contributed by atoms with Gasteiger partial charge in [0.25, 0.3) is 0 Å². The third-order valence-electron chi connectivity index (χ3n) is 3.59. The maximum atomic E-state index is 12.6. The van der Waals surface area contributed by atoms with E-state index in [9.17, 15) is 18.0 Å². The van der Waals surface area contributed by atoms with Crippen molar-refractivity contribution in [3.8, 4) is 17.6 Å². The van der Waals surface area contributed by atoms with Gasteiger partial charge in [0.05, 0.1) is 12.1 Å². The van der Waals surface area contributed by atoms with Crippen molar-refractivity contribution in [2.45, 2.75) is 25.4 Å². The van der Waals surface area contributed by atoms with E-state index in [1.807, 2.05) is 6.08 Å². The van der Waals surface area contributed by atoms with Crippen LogP contribution in [0.15, 0.2) is 36.4 Å². The lowest BCUT2D eigenvalue weighted by molar-refractivity contribution is -0.137. The predicted octanol–water partition coefficient (Wildman–Crippen LogP) is 3.56. The number of allylic oxidation sites excluding steroid dienone is 2. The Kier molecular flexibility index (Phi) is 6.30. The molecule has 2 rings (SSSR count). The van der Waals surface area contributed by atoms with E-state index in [-0.39, 0.29) is 30.7 Å². The van der Waals surface area contributed by atoms with Gasteiger partial charge in [-0.2, -0.15) is 13.2 Å². The molecule has 0 saturated heterocycles. The van der Waals surface area contributed by atoms with Crippen LogP contribution >= 0.6 is 0 Å². The maximum absolute atomic E-state index is 12.6. The van der Waals surface area contributed by atoms with Gasteiger partial charge >= 0.3 is 6.18 Å². The first-order valence-electron chi connectivity index (χ1n) is 7.65. The summed E-state index contributed by atoms with van der Waals surface area (Å²) in [6.45, 7) is 0.161. The molecule has 128 valence electrons. The lowest BCUT2D eigenvalue weighted by Gasteiger charge is -2.16. The van der Waals surface area contributed by atoms with Crippen LogP contribution in [0.3, 0.4) is 0 Å². The third kappa shape index (κ3) is 5.65. The van der Waals surface area contributed by atoms with Crippen molar-refractivity contribution in [1.29, 1.82) is 0 Å². The Labute approximate surface area is 138 Å². The Morgan fingerprint density at radius 2 is 2.12 bits per heavy atom. The van der Waals surface area contributed by atoms with E-state index in [0.29, 0.717) is 0 Å². The van der Waals surface area contributed by atoms with E-state index < -0.39 is 11.7 Å². The second kappa shape index (κ2) is 8.44. The lowest BCUT2D eigenvalue weighted by atomic mass is 9.94. The van der Waals surface area contributed by atoms with Gasteiger partial charge < -0.3 is 10.1 Å². The minimum absolute atomic E-state index is 0.00171. The zero-order valence-electron chi connectivity index (χ0n) is 13.0. The first-order valence-corrected chi connectivity index (χ1v) is 7.65. The number of alkyl halides is 3. The van der Waals surface area contributed by atoms with Gasteiger partial charge in [0.1, 0.15) is 12.4 Å². The Morgan fingerprint density at radius 3 is 2.83 bits per heavy atom. The van der Waals surface area contributed by atoms with Gasteiger partial charge in [-0.25, -0.2) is 0 Å². The Morgan fingerprint density at radius 1 is 1.29 bits per heavy atom. The van der Waals surface area contributed by atoms with Crippen molar-refractivity contribution >= 4 is 5.91 Å². The average Bonchev–Trinajstić information content (AvgIpc) is 2.58. The molecule has 1 amide bonds. The molecule has 1 aliphatic rings. The van der Waals surface area contributed by atoms with Gasteiger partial charge in [0, 0.05) is 5.92 Å². The molecule has 0 radical (unpaired) electrons. The summed E-state index contributed by atoms with van der Waals surface area (Å²) in [6, 6.07) is 4.63. The first kappa shape index (κ1) is 17.9. The number of hydrogen-bond acceptors (Lipinski definition) is 2. The highest BCUT2D eigenvalue weighted by atomic mass is 19.4. The predicted molar refractivity (Wildman–Crippen MR) is 84.2 cm³/mol. The molecule has 6 heteroatoms. The highest BCUT2D eigenvalue weighted by molar-refractivity contribution is 5.79. The van der Waals surface area contributed by atoms with Crippen LogP contribution in [-0.4, -0.2) is 19.1 Å². The van der Waals surface area contributed by atoms with Crippen molar-refractivity contribution in [3.05, 3.63) is 42.0 Å². The number of carbonyl (C=O) groups is 1. The molecule has 3 nitrogen and oxygen atoms in total. The number of halogens is 3. The van der Waals surface area contributed by atoms with Crippen LogP contribution in [0.5, 0.6) is 5.75 Å². The molecular weight excluding hydrogens is 319 g/mol. The molecule has 0 aliphatic heterocycles. The molecule has 0 aromatic heterocycles. The summed E-state index contributed by atoms with van der Waals surface area (Å²) in [7, 11) is 0. The summed E-state index contributed by atoms with van der Waals surface area (Å²) >= 11 is 0. The van der Waals surface area contributed by atoms with Crippen LogP contribution < -0.4 is 10.1 Å². The van der Waals surface area contributed by atoms with Crippen molar-refractivity contribution in [1.82, 2.24) is 5.32 Å². The highest BCUT2D eigenvalue weighted by Crippen LogP contribution is 2.31. The second-order valence-corrected chi connectivity index (χ2v) is 5.37. The minimum atomic E-state index is -4.40. The van der Waals surface area contributed by atoms with Gasteiger partial charge in [-0.1, -0.05) is 30.1 Å². The first-order chi connectivity index (χ1) is 11.5. The molecule has 24 heavy (non-hydrogen) atoms. The van der Waals surface area contributed by atoms with Crippen LogP contribution in [-0.2, 0) is 11.0 Å². The van der Waals surface area contributed by atoms with Gasteiger partial charge in [0.15, 0.2) is 0 Å². The number of hydrogen-bond donors (Lipinski definition) is 1. The largest absolute Gasteiger partial charge is 0.481 e. The molecule has 0 heterocycles. The Hall–Kier alpha value is -2.42. The fourth-order valence-corrected chi connectivity index (χ4v) is 2.30. The van der Waals surface area contributed by atoms with Gasteiger partial charge in [-0.15, -0.1) is 0 Å². The summed E-state index contributed by atoms with van der Waals surface area (Å²) in [4.78, 5) is 11.8. The van der Waals surface area contributed by atoms with Gasteiger partial charge in [-0.3, -0.25) is 4.79 Å². The standard InChI is InChI=1S/C18H18F3NO2/c19-18(20,21)15-9-6-10-16(13-15)24-12-5-4-11-22-17(23)14-7-2-1-3-8-14/h1-2,6,9-10,13-14H,3,7-8,11-12H2,(H,22,23)/t14-/m1/s1. The van der Waals surface area contributed by atoms with Gasteiger partial charge in [0.2, 0.25) is 5.91 Å². The lowest BCUT2D eigenvalue weighted by Crippen LogP contribution is -2.31. The molecule has 1 aliphatic carbocycles. The molecule has 1 atom stereocenters. The van der Waals surface area contributed by atoms with E-state index in [1.54, 1.807) is 0 Å². The van der Waals surface area contributed by atoms with E-state index in [1.165, 1.54) is 12.1 Å². The Bertz CT molecular complexity index is 656. The summed E-state index contributed by atoms with van der Waals surface area (Å²) in [5.41, 5.74) is -0.762. The molecule has 1 aromatic rings. The van der Waals surface area contributed by atoms with E-state index in [0.717, 1.165) is 31.4 Å². The minimum Gasteiger partial charge on any atom is -0.481 e. The maximum Gasteiger partial charge on any atom is 0.416 e. The number of nitrogens with one attached hydrogen (secondary N) is 1. The smallest absolute Gasteiger partial charge is 0.416 e. The van der Waals surface area contributed by atoms with E-state index in [2.05, 4.69) is 23.2 Å². The molecule has 0 spiro atoms. The average molecular weight is 337 g/mol. The summed E-state index contributed by atoms with van der Waals surface area (Å²) in [5, 5.41) is 2.73. The van der Waals surface area contributed by atoms with Crippen molar-refractivity contribution in [3.63, 3.8) is 0 Å². The normalized spacial score (nSPS) is 16.9. The van der Waals surface area contributed by atoms with Crippen molar-refractivity contribution in [2.24, 2.45) is 5.92 Å². The monoisotopic (exact) mass is 337 g/mol. The summed E-state index contributed by atoms with van der Waals surface area (Å²) in [5.74, 6) is 5.48. The third-order valence-corrected chi connectivity index (χ3v) is 3.59. The summed E-state index contributed by atoms with van der Waals surface area (Å²) < 4.78 is 42.8. The fourth-order valence-electron chi connectivity index (χ4n) is 2.30. The number of benzene rings is 1. The summed E-state index contributed by atoms with van der Waals surface area (Å²) in [6.07, 6.45) is 2.17. The van der Waals surface area contributed by atoms with E-state index >= 15 is 0 Å². The topological polar surface area (TPSA) is 38.3 Å². The molecule has 1 aromatic carbocycles. The zero-order chi connectivity index (χ0) is 17.4. The second-order valence-electron chi connectivity index (χ2n) is 5.37. The molecular formula is C18H18F3NO2. The number of ether oxygens (including phenoxy) is 1. The zero-order valence-corrected chi connectivity index (χ0v) is 13.0. The molecule has 1 N–H and O–H groups in total. The molecule has 0 bridgehead atoms. The van der Waals surface area contributed by atoms with Crippen LogP contribution in [0.25, 0.3) is 0 Å². The molecule has 0 saturated carbocycles. The van der Waals surface area contributed by atoms with Crippen molar-refractivity contribution in [2.75, 3.05) is 13.2 Å². The van der Waals surface area contributed by atoms with Crippen LogP contribution in [0, 0.1) is 17.8 Å². The number of rotatable bonds is 4. The van der Waals surface area contributed by atoms with Crippen LogP contribution in [0.4, 0.5) is 13.2 Å². The quantitative estimate of drug-likeness (QED) is 0.674.